The van der Waals surface area contributed by atoms with Crippen LogP contribution >= 0.6 is 11.3 Å². The molecule has 6 nitrogen and oxygen atoms in total. The van der Waals surface area contributed by atoms with Crippen molar-refractivity contribution in [2.75, 3.05) is 19.3 Å². The quantitative estimate of drug-likeness (QED) is 0.798. The van der Waals surface area contributed by atoms with Crippen LogP contribution in [0.3, 0.4) is 0 Å². The van der Waals surface area contributed by atoms with E-state index in [0.29, 0.717) is 24.2 Å². The maximum Gasteiger partial charge on any atom is 0.252 e. The van der Waals surface area contributed by atoms with E-state index >= 15 is 0 Å². The van der Waals surface area contributed by atoms with Gasteiger partial charge in [0.25, 0.3) is 5.91 Å². The SMILES string of the molecule is Cc1ccc2sc(=NC(=O)C3CCCN(S(C)(=O)=O)C3)n(C)c2c1C. The number of nitrogens with zero attached hydrogens (tertiary/aromatic N) is 3. The van der Waals surface area contributed by atoms with E-state index in [-0.39, 0.29) is 18.4 Å². The van der Waals surface area contributed by atoms with Crippen molar-refractivity contribution in [3.63, 3.8) is 0 Å². The van der Waals surface area contributed by atoms with Crippen LogP contribution in [0.4, 0.5) is 0 Å². The van der Waals surface area contributed by atoms with E-state index in [1.54, 1.807) is 0 Å². The molecule has 3 rings (SSSR count). The van der Waals surface area contributed by atoms with E-state index in [1.807, 2.05) is 11.6 Å². The van der Waals surface area contributed by atoms with Gasteiger partial charge in [-0.25, -0.2) is 12.7 Å². The van der Waals surface area contributed by atoms with E-state index in [0.717, 1.165) is 10.2 Å². The minimum absolute atomic E-state index is 0.230. The summed E-state index contributed by atoms with van der Waals surface area (Å²) in [5.41, 5.74) is 3.49. The number of carbonyl (C=O) groups excluding carboxylic acids is 1. The molecule has 1 fully saturated rings. The van der Waals surface area contributed by atoms with Crippen molar-refractivity contribution in [3.05, 3.63) is 28.1 Å². The Morgan fingerprint density at radius 3 is 2.72 bits per heavy atom. The molecule has 1 amide bonds. The van der Waals surface area contributed by atoms with Crippen molar-refractivity contribution in [1.29, 1.82) is 0 Å². The molecule has 0 radical (unpaired) electrons. The number of hydrogen-bond acceptors (Lipinski definition) is 4. The number of benzene rings is 1. The molecule has 2 aromatic rings. The first-order valence-corrected chi connectivity index (χ1v) is 10.9. The van der Waals surface area contributed by atoms with Crippen LogP contribution in [0.2, 0.25) is 0 Å². The average Bonchev–Trinajstić information content (AvgIpc) is 2.87. The fraction of sp³-hybridized carbons (Fsp3) is 0.529. The summed E-state index contributed by atoms with van der Waals surface area (Å²) in [4.78, 5) is 17.6. The topological polar surface area (TPSA) is 71.7 Å². The molecule has 0 aliphatic carbocycles. The Kier molecular flexibility index (Phi) is 4.87. The fourth-order valence-corrected chi connectivity index (χ4v) is 5.26. The Morgan fingerprint density at radius 1 is 1.32 bits per heavy atom. The number of amides is 1. The average molecular weight is 382 g/mol. The fourth-order valence-electron chi connectivity index (χ4n) is 3.27. The lowest BCUT2D eigenvalue weighted by Gasteiger charge is -2.28. The summed E-state index contributed by atoms with van der Waals surface area (Å²) >= 11 is 1.49. The largest absolute Gasteiger partial charge is 0.319 e. The van der Waals surface area contributed by atoms with E-state index in [1.165, 1.54) is 33.0 Å². The lowest BCUT2D eigenvalue weighted by atomic mass is 9.99. The molecule has 1 aliphatic rings. The summed E-state index contributed by atoms with van der Waals surface area (Å²) in [7, 11) is -1.35. The van der Waals surface area contributed by atoms with Crippen LogP contribution in [-0.4, -0.2) is 42.5 Å². The summed E-state index contributed by atoms with van der Waals surface area (Å²) in [6.45, 7) is 4.85. The summed E-state index contributed by atoms with van der Waals surface area (Å²) < 4.78 is 27.9. The standard InChI is InChI=1S/C17H23N3O3S2/c1-11-7-8-14-15(12(11)2)19(3)17(24-14)18-16(21)13-6-5-9-20(10-13)25(4,22)23/h7-8,13H,5-6,9-10H2,1-4H3. The van der Waals surface area contributed by atoms with Crippen LogP contribution in [0.5, 0.6) is 0 Å². The number of thiazole rings is 1. The van der Waals surface area contributed by atoms with Gasteiger partial charge in [-0.2, -0.15) is 4.99 Å². The molecule has 1 saturated heterocycles. The highest BCUT2D eigenvalue weighted by Crippen LogP contribution is 2.24. The number of carbonyl (C=O) groups is 1. The Hall–Kier alpha value is -1.51. The van der Waals surface area contributed by atoms with Gasteiger partial charge in [-0.05, 0) is 43.9 Å². The van der Waals surface area contributed by atoms with Crippen molar-refractivity contribution in [3.8, 4) is 0 Å². The zero-order valence-electron chi connectivity index (χ0n) is 14.9. The summed E-state index contributed by atoms with van der Waals surface area (Å²) in [6.07, 6.45) is 2.56. The maximum absolute atomic E-state index is 12.6. The number of fused-ring (bicyclic) bond motifs is 1. The molecule has 8 heteroatoms. The van der Waals surface area contributed by atoms with Gasteiger partial charge < -0.3 is 4.57 Å². The first-order valence-electron chi connectivity index (χ1n) is 8.28. The van der Waals surface area contributed by atoms with Crippen molar-refractivity contribution >= 4 is 37.5 Å². The van der Waals surface area contributed by atoms with Crippen molar-refractivity contribution in [1.82, 2.24) is 8.87 Å². The smallest absolute Gasteiger partial charge is 0.252 e. The van der Waals surface area contributed by atoms with Crippen molar-refractivity contribution < 1.29 is 13.2 Å². The minimum atomic E-state index is -3.27. The second-order valence-electron chi connectivity index (χ2n) is 6.71. The normalized spacial score (nSPS) is 20.3. The third-order valence-corrected chi connectivity index (χ3v) is 7.26. The molecule has 1 aromatic heterocycles. The van der Waals surface area contributed by atoms with Gasteiger partial charge >= 0.3 is 0 Å². The predicted octanol–water partition coefficient (Wildman–Crippen LogP) is 1.96. The molecule has 1 aromatic carbocycles. The second-order valence-corrected chi connectivity index (χ2v) is 9.70. The summed E-state index contributed by atoms with van der Waals surface area (Å²) in [6, 6.07) is 4.13. The molecule has 0 spiro atoms. The highest BCUT2D eigenvalue weighted by molar-refractivity contribution is 7.88. The summed E-state index contributed by atoms with van der Waals surface area (Å²) in [5.74, 6) is -0.596. The van der Waals surface area contributed by atoms with Gasteiger partial charge in [0.05, 0.1) is 22.4 Å². The monoisotopic (exact) mass is 381 g/mol. The zero-order valence-corrected chi connectivity index (χ0v) is 16.6. The van der Waals surface area contributed by atoms with Crippen LogP contribution in [0, 0.1) is 19.8 Å². The molecular weight excluding hydrogens is 358 g/mol. The van der Waals surface area contributed by atoms with Gasteiger partial charge in [0.15, 0.2) is 4.80 Å². The molecule has 1 atom stereocenters. The Morgan fingerprint density at radius 2 is 2.04 bits per heavy atom. The molecule has 1 aliphatic heterocycles. The van der Waals surface area contributed by atoms with Gasteiger partial charge in [0, 0.05) is 20.1 Å². The van der Waals surface area contributed by atoms with Gasteiger partial charge in [-0.3, -0.25) is 4.79 Å². The molecule has 1 unspecified atom stereocenters. The van der Waals surface area contributed by atoms with Gasteiger partial charge in [0.1, 0.15) is 0 Å². The number of aryl methyl sites for hydroxylation is 3. The number of hydrogen-bond donors (Lipinski definition) is 0. The van der Waals surface area contributed by atoms with Crippen molar-refractivity contribution in [2.24, 2.45) is 18.0 Å². The highest BCUT2D eigenvalue weighted by atomic mass is 32.2. The van der Waals surface area contributed by atoms with E-state index < -0.39 is 10.0 Å². The molecule has 136 valence electrons. The first kappa shape index (κ1) is 18.3. The number of sulfonamides is 1. The lowest BCUT2D eigenvalue weighted by molar-refractivity contribution is -0.122. The maximum atomic E-state index is 12.6. The van der Waals surface area contributed by atoms with Gasteiger partial charge in [-0.1, -0.05) is 17.4 Å². The van der Waals surface area contributed by atoms with Crippen LogP contribution in [-0.2, 0) is 21.9 Å². The van der Waals surface area contributed by atoms with Crippen LogP contribution in [0.25, 0.3) is 10.2 Å². The Bertz CT molecular complexity index is 1000. The van der Waals surface area contributed by atoms with Gasteiger partial charge in [-0.15, -0.1) is 0 Å². The van der Waals surface area contributed by atoms with Crippen LogP contribution < -0.4 is 4.80 Å². The van der Waals surface area contributed by atoms with Crippen LogP contribution in [0.15, 0.2) is 17.1 Å². The minimum Gasteiger partial charge on any atom is -0.319 e. The lowest BCUT2D eigenvalue weighted by Crippen LogP contribution is -2.41. The van der Waals surface area contributed by atoms with Crippen LogP contribution in [0.1, 0.15) is 24.0 Å². The molecular formula is C17H23N3O3S2. The van der Waals surface area contributed by atoms with Crippen molar-refractivity contribution in [2.45, 2.75) is 26.7 Å². The second kappa shape index (κ2) is 6.66. The number of aromatic nitrogens is 1. The zero-order chi connectivity index (χ0) is 18.4. The first-order chi connectivity index (χ1) is 11.7. The third-order valence-electron chi connectivity index (χ3n) is 4.90. The molecule has 0 saturated carbocycles. The molecule has 2 heterocycles. The van der Waals surface area contributed by atoms with E-state index in [2.05, 4.69) is 31.0 Å². The number of piperidine rings is 1. The Balaban J connectivity index is 1.95. The third kappa shape index (κ3) is 3.56. The molecule has 0 bridgehead atoms. The summed E-state index contributed by atoms with van der Waals surface area (Å²) in [5, 5.41) is 0. The number of rotatable bonds is 2. The predicted molar refractivity (Wildman–Crippen MR) is 100.0 cm³/mol. The van der Waals surface area contributed by atoms with E-state index in [4.69, 9.17) is 0 Å². The molecule has 25 heavy (non-hydrogen) atoms. The van der Waals surface area contributed by atoms with E-state index in [9.17, 15) is 13.2 Å². The van der Waals surface area contributed by atoms with Gasteiger partial charge in [0.2, 0.25) is 10.0 Å². The highest BCUT2D eigenvalue weighted by Gasteiger charge is 2.30. The molecule has 0 N–H and O–H groups in total. The Labute approximate surface area is 151 Å².